The van der Waals surface area contributed by atoms with Crippen LogP contribution >= 0.6 is 11.3 Å². The Morgan fingerprint density at radius 3 is 1.72 bits per heavy atom. The fourth-order valence-electron chi connectivity index (χ4n) is 4.67. The van der Waals surface area contributed by atoms with E-state index >= 15 is 0 Å². The van der Waals surface area contributed by atoms with E-state index in [9.17, 15) is 9.59 Å². The number of benzene rings is 2. The molecule has 2 aliphatic heterocycles. The van der Waals surface area contributed by atoms with Gasteiger partial charge in [0.1, 0.15) is 0 Å². The van der Waals surface area contributed by atoms with Crippen molar-refractivity contribution in [2.24, 2.45) is 0 Å². The summed E-state index contributed by atoms with van der Waals surface area (Å²) in [5.41, 5.74) is 3.89. The highest BCUT2D eigenvalue weighted by atomic mass is 32.1. The van der Waals surface area contributed by atoms with Gasteiger partial charge in [0.15, 0.2) is 5.13 Å². The average Bonchev–Trinajstić information content (AvgIpc) is 3.69. The van der Waals surface area contributed by atoms with Crippen LogP contribution in [0, 0.1) is 0 Å². The Morgan fingerprint density at radius 2 is 1.33 bits per heavy atom. The van der Waals surface area contributed by atoms with E-state index < -0.39 is 0 Å². The summed E-state index contributed by atoms with van der Waals surface area (Å²) in [6, 6.07) is 15.8. The van der Waals surface area contributed by atoms with E-state index in [0.717, 1.165) is 66.4 Å². The van der Waals surface area contributed by atoms with E-state index in [1.807, 2.05) is 60.1 Å². The molecule has 0 bridgehead atoms. The van der Waals surface area contributed by atoms with E-state index in [4.69, 9.17) is 0 Å². The lowest BCUT2D eigenvalue weighted by molar-refractivity contribution is -0.118. The zero-order valence-electron chi connectivity index (χ0n) is 20.2. The van der Waals surface area contributed by atoms with Crippen molar-refractivity contribution < 1.29 is 9.59 Å². The van der Waals surface area contributed by atoms with Gasteiger partial charge in [0, 0.05) is 36.0 Å². The monoisotopic (exact) mass is 504 g/mol. The fraction of sp³-hybridized carbons (Fsp3) is 0.370. The van der Waals surface area contributed by atoms with Crippen LogP contribution in [0.15, 0.2) is 60.1 Å². The number of anilines is 3. The number of aromatic nitrogens is 1. The molecule has 2 amide bonds. The smallest absolute Gasteiger partial charge is 0.241 e. The maximum absolute atomic E-state index is 12.4. The number of carbonyl (C=O) groups is 2. The molecule has 8 nitrogen and oxygen atoms in total. The summed E-state index contributed by atoms with van der Waals surface area (Å²) in [5.74, 6) is 0.0626. The molecule has 0 spiro atoms. The van der Waals surface area contributed by atoms with Crippen molar-refractivity contribution in [1.29, 1.82) is 0 Å². The minimum Gasteiger partial charge on any atom is -0.339 e. The number of nitrogens with one attached hydrogen (secondary N) is 4. The van der Waals surface area contributed by atoms with Crippen LogP contribution in [0.25, 0.3) is 0 Å². The number of nitrogens with zero attached hydrogens (tertiary/aromatic N) is 2. The lowest BCUT2D eigenvalue weighted by atomic mass is 10.1. The molecule has 3 aromatic rings. The summed E-state index contributed by atoms with van der Waals surface area (Å²) in [5, 5.41) is 15.4. The molecule has 5 rings (SSSR count). The molecular formula is C27H32N6O2S. The molecule has 188 valence electrons. The van der Waals surface area contributed by atoms with Crippen LogP contribution in [0.2, 0.25) is 0 Å². The Bertz CT molecular complexity index is 1060. The van der Waals surface area contributed by atoms with Gasteiger partial charge in [-0.2, -0.15) is 0 Å². The molecule has 0 unspecified atom stereocenters. The van der Waals surface area contributed by atoms with Gasteiger partial charge < -0.3 is 26.2 Å². The molecule has 0 saturated carbocycles. The molecule has 2 aromatic carbocycles. The number of amides is 2. The third-order valence-electron chi connectivity index (χ3n) is 6.63. The number of thiazole rings is 1. The van der Waals surface area contributed by atoms with E-state index in [2.05, 4.69) is 31.2 Å². The van der Waals surface area contributed by atoms with Crippen molar-refractivity contribution in [1.82, 2.24) is 15.6 Å². The summed E-state index contributed by atoms with van der Waals surface area (Å²) in [7, 11) is 0. The van der Waals surface area contributed by atoms with Crippen LogP contribution in [-0.2, 0) is 22.7 Å². The summed E-state index contributed by atoms with van der Waals surface area (Å²) in [6.45, 7) is 3.19. The number of rotatable bonds is 9. The van der Waals surface area contributed by atoms with Gasteiger partial charge in [-0.3, -0.25) is 9.59 Å². The molecule has 2 saturated heterocycles. The largest absolute Gasteiger partial charge is 0.339 e. The minimum atomic E-state index is -0.0934. The van der Waals surface area contributed by atoms with E-state index in [0.29, 0.717) is 13.1 Å². The highest BCUT2D eigenvalue weighted by Gasteiger charge is 2.23. The molecule has 2 fully saturated rings. The molecule has 3 heterocycles. The number of hydrogen-bond donors (Lipinski definition) is 4. The van der Waals surface area contributed by atoms with Crippen molar-refractivity contribution in [2.45, 2.75) is 50.9 Å². The van der Waals surface area contributed by atoms with Crippen LogP contribution in [0.1, 0.15) is 36.8 Å². The van der Waals surface area contributed by atoms with Gasteiger partial charge in [-0.1, -0.05) is 24.3 Å². The van der Waals surface area contributed by atoms with Crippen molar-refractivity contribution in [3.63, 3.8) is 0 Å². The normalized spacial score (nSPS) is 19.2. The van der Waals surface area contributed by atoms with Crippen LogP contribution in [0.4, 0.5) is 16.5 Å². The molecular weight excluding hydrogens is 472 g/mol. The minimum absolute atomic E-state index is 0.0313. The molecule has 0 aliphatic carbocycles. The van der Waals surface area contributed by atoms with Gasteiger partial charge in [-0.25, -0.2) is 4.98 Å². The molecule has 9 heteroatoms. The summed E-state index contributed by atoms with van der Waals surface area (Å²) >= 11 is 1.61. The fourth-order valence-corrected chi connectivity index (χ4v) is 5.31. The first-order valence-electron chi connectivity index (χ1n) is 12.5. The maximum atomic E-state index is 12.4. The Morgan fingerprint density at radius 1 is 0.833 bits per heavy atom. The first-order chi connectivity index (χ1) is 17.6. The summed E-state index contributed by atoms with van der Waals surface area (Å²) < 4.78 is 0. The Balaban J connectivity index is 1.20. The SMILES string of the molecule is O=C(Nc1ccc(CN(Cc2ccc(NC(=O)[C@@H]3CCCN3)cc2)c2nccs2)cc1)[C@@H]1CCCN1. The predicted molar refractivity (Wildman–Crippen MR) is 144 cm³/mol. The van der Waals surface area contributed by atoms with Gasteiger partial charge in [-0.05, 0) is 74.2 Å². The summed E-state index contributed by atoms with van der Waals surface area (Å²) in [6.07, 6.45) is 5.67. The van der Waals surface area contributed by atoms with E-state index in [-0.39, 0.29) is 23.9 Å². The topological polar surface area (TPSA) is 98.4 Å². The standard InChI is InChI=1S/C27H32N6O2S/c34-25(23-3-1-13-28-23)31-21-9-5-19(6-10-21)17-33(27-30-15-16-36-27)18-20-7-11-22(12-8-20)32-26(35)24-4-2-14-29-24/h5-12,15-16,23-24,28-29H,1-4,13-14,17-18H2,(H,31,34)(H,32,35)/t23-,24-/m0/s1. The highest BCUT2D eigenvalue weighted by molar-refractivity contribution is 7.13. The average molecular weight is 505 g/mol. The number of carbonyl (C=O) groups excluding carboxylic acids is 2. The number of hydrogen-bond acceptors (Lipinski definition) is 7. The van der Waals surface area contributed by atoms with Crippen molar-refractivity contribution in [2.75, 3.05) is 28.6 Å². The highest BCUT2D eigenvalue weighted by Crippen LogP contribution is 2.24. The predicted octanol–water partition coefficient (Wildman–Crippen LogP) is 3.73. The molecule has 36 heavy (non-hydrogen) atoms. The van der Waals surface area contributed by atoms with Crippen LogP contribution in [-0.4, -0.2) is 42.0 Å². The second-order valence-corrected chi connectivity index (χ2v) is 10.2. The van der Waals surface area contributed by atoms with Gasteiger partial charge in [-0.15, -0.1) is 11.3 Å². The Hall–Kier alpha value is -3.27. The van der Waals surface area contributed by atoms with Crippen LogP contribution < -0.4 is 26.2 Å². The van der Waals surface area contributed by atoms with Gasteiger partial charge in [0.25, 0.3) is 0 Å². The Kier molecular flexibility index (Phi) is 7.90. The summed E-state index contributed by atoms with van der Waals surface area (Å²) in [4.78, 5) is 31.5. The molecule has 1 aromatic heterocycles. The van der Waals surface area contributed by atoms with E-state index in [1.54, 1.807) is 11.3 Å². The van der Waals surface area contributed by atoms with Crippen molar-refractivity contribution >= 4 is 39.7 Å². The third kappa shape index (κ3) is 6.29. The molecule has 4 N–H and O–H groups in total. The molecule has 2 atom stereocenters. The maximum Gasteiger partial charge on any atom is 0.241 e. The third-order valence-corrected chi connectivity index (χ3v) is 7.47. The van der Waals surface area contributed by atoms with E-state index in [1.165, 1.54) is 0 Å². The zero-order valence-corrected chi connectivity index (χ0v) is 21.0. The second kappa shape index (κ2) is 11.6. The molecule has 2 aliphatic rings. The van der Waals surface area contributed by atoms with Crippen LogP contribution in [0.3, 0.4) is 0 Å². The van der Waals surface area contributed by atoms with Crippen LogP contribution in [0.5, 0.6) is 0 Å². The zero-order chi connectivity index (χ0) is 24.7. The first kappa shape index (κ1) is 24.4. The Labute approximate surface area is 215 Å². The lowest BCUT2D eigenvalue weighted by Gasteiger charge is -2.22. The second-order valence-electron chi connectivity index (χ2n) is 9.34. The van der Waals surface area contributed by atoms with Crippen molar-refractivity contribution in [3.8, 4) is 0 Å². The van der Waals surface area contributed by atoms with Gasteiger partial charge in [0.2, 0.25) is 11.8 Å². The van der Waals surface area contributed by atoms with Gasteiger partial charge in [0.05, 0.1) is 12.1 Å². The first-order valence-corrected chi connectivity index (χ1v) is 13.4. The lowest BCUT2D eigenvalue weighted by Crippen LogP contribution is -2.35. The van der Waals surface area contributed by atoms with Gasteiger partial charge >= 0.3 is 0 Å². The van der Waals surface area contributed by atoms with Crippen molar-refractivity contribution in [3.05, 3.63) is 71.2 Å². The quantitative estimate of drug-likeness (QED) is 0.355. The molecule has 0 radical (unpaired) electrons.